The number of hydrogen-bond donors (Lipinski definition) is 4. The van der Waals surface area contributed by atoms with Gasteiger partial charge in [-0.1, -0.05) is 18.2 Å². The summed E-state index contributed by atoms with van der Waals surface area (Å²) >= 11 is 5.16. The number of thiocarbonyl (C=S) groups is 1. The summed E-state index contributed by atoms with van der Waals surface area (Å²) in [6, 6.07) is 11.1. The lowest BCUT2D eigenvalue weighted by Crippen LogP contribution is -2.49. The minimum Gasteiger partial charge on any atom is -0.454 e. The van der Waals surface area contributed by atoms with Crippen LogP contribution in [0.25, 0.3) is 0 Å². The Kier molecular flexibility index (Phi) is 5.65. The van der Waals surface area contributed by atoms with Gasteiger partial charge in [0.25, 0.3) is 15.9 Å². The molecule has 2 aliphatic heterocycles. The highest BCUT2D eigenvalue weighted by Crippen LogP contribution is 2.32. The number of carbonyl (C=O) groups excluding carboxylic acids is 1. The minimum absolute atomic E-state index is 0.127. The molecule has 4 N–H and O–H groups in total. The smallest absolute Gasteiger partial charge is 0.263 e. The maximum Gasteiger partial charge on any atom is 0.263 e. The van der Waals surface area contributed by atoms with Gasteiger partial charge in [-0.15, -0.1) is 0 Å². The lowest BCUT2D eigenvalue weighted by molar-refractivity contribution is -0.122. The molecule has 10 nitrogen and oxygen atoms in total. The third-order valence-electron chi connectivity index (χ3n) is 4.55. The zero-order chi connectivity index (χ0) is 22.0. The number of amidine groups is 1. The molecule has 0 aromatic heterocycles. The van der Waals surface area contributed by atoms with E-state index in [1.54, 1.807) is 25.1 Å². The number of fused-ring (bicyclic) bond motifs is 2. The average Bonchev–Trinajstić information content (AvgIpc) is 3.32. The van der Waals surface area contributed by atoms with Crippen molar-refractivity contribution in [3.05, 3.63) is 53.6 Å². The Morgan fingerprint density at radius 1 is 1.19 bits per heavy atom. The van der Waals surface area contributed by atoms with Crippen molar-refractivity contribution in [2.75, 3.05) is 6.79 Å². The summed E-state index contributed by atoms with van der Waals surface area (Å²) in [7, 11) is -3.67. The summed E-state index contributed by atoms with van der Waals surface area (Å²) in [6.45, 7) is 2.16. The van der Waals surface area contributed by atoms with Crippen LogP contribution in [-0.4, -0.2) is 38.1 Å². The number of ether oxygens (including phenoxy) is 2. The van der Waals surface area contributed by atoms with Crippen LogP contribution in [0.1, 0.15) is 18.1 Å². The second kappa shape index (κ2) is 8.40. The van der Waals surface area contributed by atoms with Crippen LogP contribution in [-0.2, 0) is 21.4 Å². The topological polar surface area (TPSA) is 130 Å². The third-order valence-corrected chi connectivity index (χ3v) is 6.20. The van der Waals surface area contributed by atoms with Gasteiger partial charge in [0, 0.05) is 12.1 Å². The lowest BCUT2D eigenvalue weighted by Gasteiger charge is -2.14. The highest BCUT2D eigenvalue weighted by atomic mass is 32.2. The summed E-state index contributed by atoms with van der Waals surface area (Å²) in [5.41, 5.74) is 6.41. The van der Waals surface area contributed by atoms with Gasteiger partial charge in [0.2, 0.25) is 6.79 Å². The van der Waals surface area contributed by atoms with Gasteiger partial charge in [0.05, 0.1) is 4.90 Å². The monoisotopic (exact) mass is 461 g/mol. The van der Waals surface area contributed by atoms with Crippen LogP contribution < -0.4 is 30.4 Å². The molecule has 2 aromatic carbocycles. The first-order valence-electron chi connectivity index (χ1n) is 9.26. The Bertz CT molecular complexity index is 1180. The Hall–Kier alpha value is -3.38. The van der Waals surface area contributed by atoms with Gasteiger partial charge < -0.3 is 14.8 Å². The lowest BCUT2D eigenvalue weighted by atomic mass is 10.2. The van der Waals surface area contributed by atoms with Gasteiger partial charge in [0.15, 0.2) is 16.6 Å². The largest absolute Gasteiger partial charge is 0.454 e. The summed E-state index contributed by atoms with van der Waals surface area (Å²) in [4.78, 5) is 16.7. The molecule has 0 radical (unpaired) electrons. The van der Waals surface area contributed by atoms with Crippen molar-refractivity contribution in [2.45, 2.75) is 24.4 Å². The minimum atomic E-state index is -3.67. The van der Waals surface area contributed by atoms with Crippen LogP contribution in [0.5, 0.6) is 11.5 Å². The van der Waals surface area contributed by atoms with Gasteiger partial charge in [-0.2, -0.15) is 0 Å². The van der Waals surface area contributed by atoms with E-state index in [-0.39, 0.29) is 22.6 Å². The summed E-state index contributed by atoms with van der Waals surface area (Å²) < 4.78 is 37.2. The number of nitrogens with zero attached hydrogens (tertiary/aromatic N) is 1. The van der Waals surface area contributed by atoms with Crippen LogP contribution >= 0.6 is 12.2 Å². The van der Waals surface area contributed by atoms with Crippen LogP contribution in [0.4, 0.5) is 0 Å². The first kappa shape index (κ1) is 20.9. The van der Waals surface area contributed by atoms with Gasteiger partial charge in [0.1, 0.15) is 11.9 Å². The van der Waals surface area contributed by atoms with Crippen molar-refractivity contribution in [1.82, 2.24) is 20.9 Å². The molecule has 0 unspecified atom stereocenters. The summed E-state index contributed by atoms with van der Waals surface area (Å²) in [5.74, 6) is 1.01. The van der Waals surface area contributed by atoms with E-state index in [9.17, 15) is 13.2 Å². The number of benzene rings is 2. The Balaban J connectivity index is 1.29. The van der Waals surface area contributed by atoms with Gasteiger partial charge in [-0.3, -0.25) is 25.4 Å². The van der Waals surface area contributed by atoms with Crippen molar-refractivity contribution in [2.24, 2.45) is 4.99 Å². The standard InChI is InChI=1S/C19H19N5O5S2/c1-11(21-17-13-4-2-3-5-16(13)31(26,27)24-17)18(25)22-23-19(30)20-9-12-6-7-14-15(8-12)29-10-28-14/h2-8,11H,9-10H2,1H3,(H,21,24)(H,22,25)(H2,20,23,30)/t11-/m0/s1. The van der Waals surface area contributed by atoms with Crippen molar-refractivity contribution in [3.63, 3.8) is 0 Å². The van der Waals surface area contributed by atoms with Crippen LogP contribution in [0.15, 0.2) is 52.4 Å². The number of nitrogens with one attached hydrogen (secondary N) is 4. The van der Waals surface area contributed by atoms with Crippen molar-refractivity contribution < 1.29 is 22.7 Å². The molecule has 0 spiro atoms. The van der Waals surface area contributed by atoms with E-state index in [2.05, 4.69) is 25.9 Å². The molecule has 1 atom stereocenters. The van der Waals surface area contributed by atoms with E-state index in [0.29, 0.717) is 23.6 Å². The van der Waals surface area contributed by atoms with E-state index in [1.807, 2.05) is 18.2 Å². The number of sulfonamides is 1. The molecule has 162 valence electrons. The quantitative estimate of drug-likeness (QED) is 0.383. The third kappa shape index (κ3) is 4.54. The number of hydrazine groups is 1. The fraction of sp³-hybridized carbons (Fsp3) is 0.211. The first-order chi connectivity index (χ1) is 14.8. The van der Waals surface area contributed by atoms with E-state index in [1.165, 1.54) is 6.07 Å². The summed E-state index contributed by atoms with van der Waals surface area (Å²) in [6.07, 6.45) is 0. The first-order valence-corrected chi connectivity index (χ1v) is 11.1. The van der Waals surface area contributed by atoms with Gasteiger partial charge in [-0.25, -0.2) is 8.42 Å². The molecule has 0 bridgehead atoms. The van der Waals surface area contributed by atoms with Crippen molar-refractivity contribution >= 4 is 39.1 Å². The number of carbonyl (C=O) groups is 1. The van der Waals surface area contributed by atoms with Crippen molar-refractivity contribution in [1.29, 1.82) is 0 Å². The molecule has 0 aliphatic carbocycles. The van der Waals surface area contributed by atoms with Gasteiger partial charge in [-0.05, 0) is 49.0 Å². The van der Waals surface area contributed by atoms with Crippen LogP contribution in [0, 0.1) is 0 Å². The Morgan fingerprint density at radius 2 is 1.97 bits per heavy atom. The van der Waals surface area contributed by atoms with Crippen LogP contribution in [0.3, 0.4) is 0 Å². The molecule has 2 heterocycles. The zero-order valence-corrected chi connectivity index (χ0v) is 18.0. The molecule has 0 saturated heterocycles. The van der Waals surface area contributed by atoms with Crippen LogP contribution in [0.2, 0.25) is 0 Å². The Morgan fingerprint density at radius 3 is 2.81 bits per heavy atom. The Labute approximate surface area is 184 Å². The maximum absolute atomic E-state index is 12.3. The maximum atomic E-state index is 12.3. The molecule has 2 aliphatic rings. The molecule has 0 saturated carbocycles. The highest BCUT2D eigenvalue weighted by molar-refractivity contribution is 7.90. The molecular formula is C19H19N5O5S2. The fourth-order valence-corrected chi connectivity index (χ4v) is 4.34. The van der Waals surface area contributed by atoms with E-state index < -0.39 is 22.0 Å². The number of rotatable bonds is 4. The molecule has 4 rings (SSSR count). The normalized spacial score (nSPS) is 17.4. The predicted octanol–water partition coefficient (Wildman–Crippen LogP) is 0.538. The number of amides is 1. The molecule has 0 fully saturated rings. The molecule has 2 aromatic rings. The van der Waals surface area contributed by atoms with Gasteiger partial charge >= 0.3 is 0 Å². The van der Waals surface area contributed by atoms with Crippen molar-refractivity contribution in [3.8, 4) is 11.5 Å². The number of aliphatic imine (C=N–C) groups is 1. The fourth-order valence-electron chi connectivity index (χ4n) is 2.98. The molecule has 31 heavy (non-hydrogen) atoms. The predicted molar refractivity (Wildman–Crippen MR) is 116 cm³/mol. The number of hydrogen-bond acceptors (Lipinski definition) is 7. The van der Waals surface area contributed by atoms with E-state index in [4.69, 9.17) is 21.7 Å². The van der Waals surface area contributed by atoms with E-state index >= 15 is 0 Å². The second-order valence-corrected chi connectivity index (χ2v) is 8.80. The van der Waals surface area contributed by atoms with E-state index in [0.717, 1.165) is 5.56 Å². The molecule has 12 heteroatoms. The SMILES string of the molecule is C[C@H](N=C1NS(=O)(=O)c2ccccc21)C(=O)NNC(=S)NCc1ccc2c(c1)OCO2. The second-order valence-electron chi connectivity index (χ2n) is 6.74. The average molecular weight is 462 g/mol. The highest BCUT2D eigenvalue weighted by Gasteiger charge is 2.31. The molecular weight excluding hydrogens is 442 g/mol. The summed E-state index contributed by atoms with van der Waals surface area (Å²) in [5, 5.41) is 3.17. The zero-order valence-electron chi connectivity index (χ0n) is 16.3. The molecule has 1 amide bonds.